The number of rotatable bonds is 3. The van der Waals surface area contributed by atoms with Crippen molar-refractivity contribution in [3.05, 3.63) is 24.0 Å². The van der Waals surface area contributed by atoms with E-state index in [4.69, 9.17) is 15.5 Å². The first-order valence-electron chi connectivity index (χ1n) is 7.74. The lowest BCUT2D eigenvalue weighted by Gasteiger charge is -2.17. The van der Waals surface area contributed by atoms with Gasteiger partial charge in [0.2, 0.25) is 0 Å². The monoisotopic (exact) mass is 287 g/mol. The molecule has 6 nitrogen and oxygen atoms in total. The van der Waals surface area contributed by atoms with Crippen LogP contribution in [0.1, 0.15) is 37.3 Å². The highest BCUT2D eigenvalue weighted by Crippen LogP contribution is 2.28. The topological polar surface area (TPSA) is 77.5 Å². The molecule has 6 heteroatoms. The molecule has 1 aliphatic heterocycles. The number of ether oxygens (including phenoxy) is 1. The van der Waals surface area contributed by atoms with Crippen molar-refractivity contribution in [3.8, 4) is 0 Å². The van der Waals surface area contributed by atoms with Gasteiger partial charge in [-0.1, -0.05) is 0 Å². The van der Waals surface area contributed by atoms with Gasteiger partial charge in [0.25, 0.3) is 0 Å². The lowest BCUT2D eigenvalue weighted by molar-refractivity contribution is 0.193. The van der Waals surface area contributed by atoms with E-state index < -0.39 is 0 Å². The van der Waals surface area contributed by atoms with Gasteiger partial charge in [0.05, 0.1) is 18.5 Å². The minimum absolute atomic E-state index is 0.320. The van der Waals surface area contributed by atoms with Crippen molar-refractivity contribution < 1.29 is 4.74 Å². The molecule has 4 rings (SSSR count). The molecule has 2 aromatic rings. The van der Waals surface area contributed by atoms with Crippen LogP contribution in [0, 0.1) is 0 Å². The Balaban J connectivity index is 1.66. The van der Waals surface area contributed by atoms with Gasteiger partial charge in [-0.25, -0.2) is 4.98 Å². The average molecular weight is 287 g/mol. The fourth-order valence-corrected chi connectivity index (χ4v) is 3.37. The number of fused-ring (bicyclic) bond motifs is 1. The maximum absolute atomic E-state index is 6.01. The van der Waals surface area contributed by atoms with Gasteiger partial charge < -0.3 is 15.8 Å². The molecular formula is C15H21N5O. The maximum atomic E-state index is 6.01. The van der Waals surface area contributed by atoms with Gasteiger partial charge in [0.1, 0.15) is 5.82 Å². The molecule has 3 heterocycles. The summed E-state index contributed by atoms with van der Waals surface area (Å²) in [5, 5.41) is 7.98. The van der Waals surface area contributed by atoms with Gasteiger partial charge in [0, 0.05) is 36.7 Å². The van der Waals surface area contributed by atoms with Crippen LogP contribution >= 0.6 is 0 Å². The van der Waals surface area contributed by atoms with Crippen LogP contribution in [-0.4, -0.2) is 39.9 Å². The van der Waals surface area contributed by atoms with Crippen molar-refractivity contribution in [2.75, 3.05) is 18.5 Å². The first-order chi connectivity index (χ1) is 10.3. The summed E-state index contributed by atoms with van der Waals surface area (Å²) in [6.45, 7) is 1.60. The number of hydrogen-bond donors (Lipinski definition) is 2. The quantitative estimate of drug-likeness (QED) is 0.895. The minimum atomic E-state index is 0.320. The second-order valence-corrected chi connectivity index (χ2v) is 6.14. The Labute approximate surface area is 123 Å². The smallest absolute Gasteiger partial charge is 0.157 e. The van der Waals surface area contributed by atoms with E-state index in [1.807, 2.05) is 10.6 Å². The Bertz CT molecular complexity index is 634. The average Bonchev–Trinajstić information content (AvgIpc) is 3.18. The molecule has 1 saturated heterocycles. The summed E-state index contributed by atoms with van der Waals surface area (Å²) in [6.07, 6.45) is 6.07. The third-order valence-electron chi connectivity index (χ3n) is 4.55. The van der Waals surface area contributed by atoms with Crippen LogP contribution in [0.2, 0.25) is 0 Å². The zero-order valence-electron chi connectivity index (χ0n) is 12.0. The van der Waals surface area contributed by atoms with Gasteiger partial charge in [-0.3, -0.25) is 0 Å². The minimum Gasteiger partial charge on any atom is -0.381 e. The Morgan fingerprint density at radius 1 is 1.33 bits per heavy atom. The third kappa shape index (κ3) is 2.49. The van der Waals surface area contributed by atoms with Crippen molar-refractivity contribution in [2.24, 2.45) is 5.73 Å². The molecule has 1 saturated carbocycles. The summed E-state index contributed by atoms with van der Waals surface area (Å²) in [6, 6.07) is 4.83. The van der Waals surface area contributed by atoms with Crippen LogP contribution < -0.4 is 11.1 Å². The van der Waals surface area contributed by atoms with Crippen molar-refractivity contribution in [3.63, 3.8) is 0 Å². The number of nitrogens with zero attached hydrogens (tertiary/aromatic N) is 3. The summed E-state index contributed by atoms with van der Waals surface area (Å²) in [4.78, 5) is 4.72. The van der Waals surface area contributed by atoms with Gasteiger partial charge in [-0.15, -0.1) is 0 Å². The molecule has 0 bridgehead atoms. The fourth-order valence-electron chi connectivity index (χ4n) is 3.37. The molecular weight excluding hydrogens is 266 g/mol. The summed E-state index contributed by atoms with van der Waals surface area (Å²) in [5.41, 5.74) is 8.00. The highest BCUT2D eigenvalue weighted by molar-refractivity contribution is 5.50. The van der Waals surface area contributed by atoms with Crippen molar-refractivity contribution in [1.82, 2.24) is 14.6 Å². The molecule has 0 radical (unpaired) electrons. The second kappa shape index (κ2) is 5.27. The van der Waals surface area contributed by atoms with E-state index in [-0.39, 0.29) is 0 Å². The van der Waals surface area contributed by atoms with Crippen LogP contribution in [-0.2, 0) is 4.74 Å². The molecule has 2 aliphatic rings. The third-order valence-corrected chi connectivity index (χ3v) is 4.55. The summed E-state index contributed by atoms with van der Waals surface area (Å²) in [7, 11) is 0. The van der Waals surface area contributed by atoms with E-state index in [0.29, 0.717) is 18.0 Å². The summed E-state index contributed by atoms with van der Waals surface area (Å²) >= 11 is 0. The van der Waals surface area contributed by atoms with E-state index in [9.17, 15) is 0 Å². The highest BCUT2D eigenvalue weighted by atomic mass is 16.5. The van der Waals surface area contributed by atoms with E-state index in [2.05, 4.69) is 16.5 Å². The van der Waals surface area contributed by atoms with Gasteiger partial charge in [-0.05, 0) is 25.7 Å². The Morgan fingerprint density at radius 3 is 3.05 bits per heavy atom. The zero-order chi connectivity index (χ0) is 14.2. The molecule has 2 aromatic heterocycles. The normalized spacial score (nSPS) is 29.3. The number of hydrogen-bond acceptors (Lipinski definition) is 5. The van der Waals surface area contributed by atoms with Crippen LogP contribution in [0.3, 0.4) is 0 Å². The first-order valence-corrected chi connectivity index (χ1v) is 7.74. The Morgan fingerprint density at radius 2 is 2.29 bits per heavy atom. The van der Waals surface area contributed by atoms with E-state index in [0.717, 1.165) is 56.1 Å². The van der Waals surface area contributed by atoms with E-state index in [1.165, 1.54) is 0 Å². The molecule has 3 atom stereocenters. The van der Waals surface area contributed by atoms with Gasteiger partial charge in [-0.2, -0.15) is 9.61 Å². The molecule has 21 heavy (non-hydrogen) atoms. The van der Waals surface area contributed by atoms with Crippen LogP contribution in [0.25, 0.3) is 5.65 Å². The SMILES string of the molecule is N[C@H]1CC[C@H](Nc2cc(C3CCOC3)nc3ccnn23)C1. The van der Waals surface area contributed by atoms with Crippen molar-refractivity contribution >= 4 is 11.5 Å². The molecule has 1 unspecified atom stereocenters. The molecule has 2 fully saturated rings. The summed E-state index contributed by atoms with van der Waals surface area (Å²) < 4.78 is 7.37. The standard InChI is InChI=1S/C15H21N5O/c16-11-1-2-12(7-11)18-15-8-13(10-4-6-21-9-10)19-14-3-5-17-20(14)15/h3,5,8,10-12,18H,1-2,4,6-7,9,16H2/t10?,11-,12-/m0/s1. The van der Waals surface area contributed by atoms with Crippen molar-refractivity contribution in [2.45, 2.75) is 43.7 Å². The first kappa shape index (κ1) is 13.0. The number of anilines is 1. The summed E-state index contributed by atoms with van der Waals surface area (Å²) in [5.74, 6) is 1.42. The molecule has 0 aromatic carbocycles. The largest absolute Gasteiger partial charge is 0.381 e. The predicted octanol–water partition coefficient (Wildman–Crippen LogP) is 1.52. The van der Waals surface area contributed by atoms with Crippen LogP contribution in [0.4, 0.5) is 5.82 Å². The van der Waals surface area contributed by atoms with Crippen LogP contribution in [0.5, 0.6) is 0 Å². The molecule has 3 N–H and O–H groups in total. The Kier molecular flexibility index (Phi) is 3.27. The highest BCUT2D eigenvalue weighted by Gasteiger charge is 2.24. The van der Waals surface area contributed by atoms with Crippen LogP contribution in [0.15, 0.2) is 18.3 Å². The van der Waals surface area contributed by atoms with E-state index in [1.54, 1.807) is 6.20 Å². The maximum Gasteiger partial charge on any atom is 0.157 e. The Hall–Kier alpha value is -1.66. The van der Waals surface area contributed by atoms with E-state index >= 15 is 0 Å². The van der Waals surface area contributed by atoms with Gasteiger partial charge >= 0.3 is 0 Å². The number of nitrogens with two attached hydrogens (primary N) is 1. The second-order valence-electron chi connectivity index (χ2n) is 6.14. The predicted molar refractivity (Wildman–Crippen MR) is 80.4 cm³/mol. The lowest BCUT2D eigenvalue weighted by atomic mass is 10.0. The number of aromatic nitrogens is 3. The van der Waals surface area contributed by atoms with Crippen molar-refractivity contribution in [1.29, 1.82) is 0 Å². The fraction of sp³-hybridized carbons (Fsp3) is 0.600. The molecule has 0 spiro atoms. The molecule has 112 valence electrons. The van der Waals surface area contributed by atoms with Gasteiger partial charge in [0.15, 0.2) is 5.65 Å². The zero-order valence-corrected chi connectivity index (χ0v) is 12.0. The molecule has 1 aliphatic carbocycles. The molecule has 0 amide bonds. The lowest BCUT2D eigenvalue weighted by Crippen LogP contribution is -2.22. The number of nitrogens with one attached hydrogen (secondary N) is 1.